The van der Waals surface area contributed by atoms with Crippen LogP contribution in [0.2, 0.25) is 0 Å². The van der Waals surface area contributed by atoms with Gasteiger partial charge in [-0.3, -0.25) is 0 Å². The summed E-state index contributed by atoms with van der Waals surface area (Å²) in [6, 6.07) is 7.62. The number of hydrogen-bond acceptors (Lipinski definition) is 4. The minimum absolute atomic E-state index is 0.420. The van der Waals surface area contributed by atoms with Crippen molar-refractivity contribution in [3.63, 3.8) is 0 Å². The summed E-state index contributed by atoms with van der Waals surface area (Å²) in [7, 11) is 0. The van der Waals surface area contributed by atoms with E-state index >= 15 is 0 Å². The van der Waals surface area contributed by atoms with Gasteiger partial charge >= 0.3 is 109 Å². The summed E-state index contributed by atoms with van der Waals surface area (Å²) in [4.78, 5) is 21.9. The van der Waals surface area contributed by atoms with Gasteiger partial charge in [0.1, 0.15) is 0 Å². The van der Waals surface area contributed by atoms with Gasteiger partial charge in [-0.25, -0.2) is 0 Å². The van der Waals surface area contributed by atoms with Crippen molar-refractivity contribution in [2.75, 3.05) is 0 Å². The van der Waals surface area contributed by atoms with Crippen molar-refractivity contribution in [1.82, 2.24) is 0 Å². The fourth-order valence-electron chi connectivity index (χ4n) is 1.13. The van der Waals surface area contributed by atoms with Crippen molar-refractivity contribution in [3.8, 4) is 0 Å². The molecule has 0 fully saturated rings. The third-order valence-electron chi connectivity index (χ3n) is 1.86. The van der Waals surface area contributed by atoms with Gasteiger partial charge in [-0.1, -0.05) is 0 Å². The summed E-state index contributed by atoms with van der Waals surface area (Å²) in [5, 5.41) is 0. The standard InChI is InChI=1S/C12H15IO4/c1-4-11-5-7-12(8-6-11)13(16-9(2)14)17-10(3)15/h5-8H,4H2,1-3H3. The van der Waals surface area contributed by atoms with Crippen molar-refractivity contribution in [3.05, 3.63) is 33.4 Å². The molecule has 94 valence electrons. The Balaban J connectivity index is 2.86. The number of aryl methyl sites for hydroxylation is 1. The van der Waals surface area contributed by atoms with Crippen LogP contribution in [0.5, 0.6) is 0 Å². The Morgan fingerprint density at radius 2 is 1.53 bits per heavy atom. The van der Waals surface area contributed by atoms with Crippen LogP contribution < -0.4 is 0 Å². The first-order valence-corrected chi connectivity index (χ1v) is 8.04. The Kier molecular flexibility index (Phi) is 5.40. The predicted octanol–water partition coefficient (Wildman–Crippen LogP) is 2.88. The molecule has 0 aliphatic rings. The molecule has 17 heavy (non-hydrogen) atoms. The van der Waals surface area contributed by atoms with E-state index in [1.807, 2.05) is 24.3 Å². The molecule has 0 heterocycles. The quantitative estimate of drug-likeness (QED) is 0.784. The average molecular weight is 350 g/mol. The third kappa shape index (κ3) is 4.72. The summed E-state index contributed by atoms with van der Waals surface area (Å²) >= 11 is -2.63. The second-order valence-corrected chi connectivity index (χ2v) is 6.70. The molecule has 0 saturated carbocycles. The average Bonchev–Trinajstić information content (AvgIpc) is 2.27. The van der Waals surface area contributed by atoms with E-state index in [2.05, 4.69) is 6.92 Å². The van der Waals surface area contributed by atoms with E-state index in [4.69, 9.17) is 6.13 Å². The van der Waals surface area contributed by atoms with E-state index in [0.29, 0.717) is 0 Å². The maximum atomic E-state index is 11.0. The molecule has 0 aromatic heterocycles. The van der Waals surface area contributed by atoms with Crippen LogP contribution in [0.4, 0.5) is 0 Å². The molecule has 4 nitrogen and oxygen atoms in total. The number of benzene rings is 1. The molecule has 0 bridgehead atoms. The van der Waals surface area contributed by atoms with Gasteiger partial charge in [-0.2, -0.15) is 0 Å². The van der Waals surface area contributed by atoms with Crippen molar-refractivity contribution >= 4 is 32.6 Å². The Bertz CT molecular complexity index is 383. The number of halogens is 1. The Hall–Kier alpha value is -1.11. The molecule has 0 aliphatic heterocycles. The fourth-order valence-corrected chi connectivity index (χ4v) is 3.80. The Morgan fingerprint density at radius 3 is 1.88 bits per heavy atom. The monoisotopic (exact) mass is 350 g/mol. The van der Waals surface area contributed by atoms with Gasteiger partial charge in [0.2, 0.25) is 0 Å². The first-order chi connectivity index (χ1) is 8.02. The third-order valence-corrected chi connectivity index (χ3v) is 5.63. The summed E-state index contributed by atoms with van der Waals surface area (Å²) in [6.07, 6.45) is 0.940. The number of rotatable bonds is 4. The van der Waals surface area contributed by atoms with Gasteiger partial charge in [0, 0.05) is 0 Å². The van der Waals surface area contributed by atoms with Crippen LogP contribution in [0.15, 0.2) is 24.3 Å². The predicted molar refractivity (Wildman–Crippen MR) is 72.1 cm³/mol. The molecule has 1 aromatic rings. The zero-order chi connectivity index (χ0) is 12.8. The topological polar surface area (TPSA) is 52.6 Å². The molecule has 1 rings (SSSR count). The molecule has 0 saturated heterocycles. The molecule has 0 N–H and O–H groups in total. The SMILES string of the molecule is CCc1ccc(I(OC(C)=O)OC(C)=O)cc1. The summed E-state index contributed by atoms with van der Waals surface area (Å²) in [6.45, 7) is 4.69. The molecule has 0 atom stereocenters. The number of hydrogen-bond donors (Lipinski definition) is 0. The van der Waals surface area contributed by atoms with Crippen LogP contribution in [0.1, 0.15) is 26.3 Å². The van der Waals surface area contributed by atoms with Gasteiger partial charge in [0.25, 0.3) is 0 Å². The Labute approximate surface area is 109 Å². The van der Waals surface area contributed by atoms with Gasteiger partial charge in [-0.15, -0.1) is 0 Å². The summed E-state index contributed by atoms with van der Waals surface area (Å²) in [5.41, 5.74) is 1.19. The fraction of sp³-hybridized carbons (Fsp3) is 0.333. The molecule has 0 amide bonds. The van der Waals surface area contributed by atoms with E-state index in [-0.39, 0.29) is 0 Å². The number of carbonyl (C=O) groups is 2. The molecule has 0 radical (unpaired) electrons. The van der Waals surface area contributed by atoms with Crippen LogP contribution >= 0.6 is 20.6 Å². The number of carbonyl (C=O) groups excluding carboxylic acids is 2. The second kappa shape index (κ2) is 6.58. The molecule has 0 aliphatic carbocycles. The van der Waals surface area contributed by atoms with Gasteiger partial charge in [0.15, 0.2) is 0 Å². The van der Waals surface area contributed by atoms with Crippen LogP contribution in [0.3, 0.4) is 0 Å². The molecule has 5 heteroatoms. The first-order valence-electron chi connectivity index (χ1n) is 5.20. The zero-order valence-electron chi connectivity index (χ0n) is 10.0. The van der Waals surface area contributed by atoms with Crippen LogP contribution in [0, 0.1) is 3.57 Å². The second-order valence-electron chi connectivity index (χ2n) is 3.33. The van der Waals surface area contributed by atoms with Crippen molar-refractivity contribution < 1.29 is 15.7 Å². The minimum atomic E-state index is -2.63. The van der Waals surface area contributed by atoms with Gasteiger partial charge < -0.3 is 0 Å². The zero-order valence-corrected chi connectivity index (χ0v) is 12.2. The Morgan fingerprint density at radius 1 is 1.06 bits per heavy atom. The van der Waals surface area contributed by atoms with Gasteiger partial charge in [-0.05, 0) is 0 Å². The maximum absolute atomic E-state index is 11.0. The molecular weight excluding hydrogens is 335 g/mol. The summed E-state index contributed by atoms with van der Waals surface area (Å²) < 4.78 is 11.0. The van der Waals surface area contributed by atoms with E-state index < -0.39 is 32.6 Å². The molecular formula is C12H15IO4. The molecule has 1 aromatic carbocycles. The van der Waals surface area contributed by atoms with Crippen molar-refractivity contribution in [2.24, 2.45) is 0 Å². The van der Waals surface area contributed by atoms with Crippen molar-refractivity contribution in [2.45, 2.75) is 27.2 Å². The van der Waals surface area contributed by atoms with E-state index in [1.54, 1.807) is 0 Å². The van der Waals surface area contributed by atoms with Crippen LogP contribution in [-0.4, -0.2) is 11.9 Å². The van der Waals surface area contributed by atoms with Crippen LogP contribution in [-0.2, 0) is 22.1 Å². The molecule has 0 unspecified atom stereocenters. The summed E-state index contributed by atoms with van der Waals surface area (Å²) in [5.74, 6) is -0.841. The molecule has 0 spiro atoms. The first kappa shape index (κ1) is 14.0. The van der Waals surface area contributed by atoms with E-state index in [0.717, 1.165) is 9.99 Å². The van der Waals surface area contributed by atoms with E-state index in [1.165, 1.54) is 19.4 Å². The van der Waals surface area contributed by atoms with Gasteiger partial charge in [0.05, 0.1) is 0 Å². The normalized spacial score (nSPS) is 10.6. The van der Waals surface area contributed by atoms with E-state index in [9.17, 15) is 9.59 Å². The van der Waals surface area contributed by atoms with Crippen molar-refractivity contribution in [1.29, 1.82) is 0 Å². The van der Waals surface area contributed by atoms with Crippen LogP contribution in [0.25, 0.3) is 0 Å².